The van der Waals surface area contributed by atoms with Crippen LogP contribution in [0.15, 0.2) is 24.3 Å². The van der Waals surface area contributed by atoms with E-state index in [0.29, 0.717) is 11.8 Å². The number of benzene rings is 1. The molecule has 4 heteroatoms. The average Bonchev–Trinajstić information content (AvgIpc) is 2.64. The number of nitrogens with one attached hydrogen (secondary N) is 1. The second-order valence-corrected chi connectivity index (χ2v) is 4.05. The Bertz CT molecular complexity index is 357. The highest BCUT2D eigenvalue weighted by atomic mass is 19.3. The summed E-state index contributed by atoms with van der Waals surface area (Å²) in [5, 5.41) is 3.31. The zero-order chi connectivity index (χ0) is 11.5. The van der Waals surface area contributed by atoms with E-state index in [9.17, 15) is 8.78 Å². The normalized spacial score (nSPS) is 25.0. The van der Waals surface area contributed by atoms with Gasteiger partial charge in [0.05, 0.1) is 0 Å². The fraction of sp³-hybridized carbons (Fsp3) is 0.500. The van der Waals surface area contributed by atoms with Crippen LogP contribution >= 0.6 is 0 Å². The van der Waals surface area contributed by atoms with Crippen molar-refractivity contribution in [2.45, 2.75) is 31.9 Å². The number of alkyl halides is 2. The lowest BCUT2D eigenvalue weighted by Gasteiger charge is -2.19. The van der Waals surface area contributed by atoms with Crippen LogP contribution in [0, 0.1) is 0 Å². The monoisotopic (exact) mass is 227 g/mol. The molecule has 0 saturated carbocycles. The first kappa shape index (κ1) is 11.3. The number of hydrogen-bond donors (Lipinski definition) is 1. The molecule has 1 fully saturated rings. The predicted molar refractivity (Wildman–Crippen MR) is 57.9 cm³/mol. The van der Waals surface area contributed by atoms with Crippen LogP contribution in [0.5, 0.6) is 5.75 Å². The molecule has 0 spiro atoms. The number of halogens is 2. The Morgan fingerprint density at radius 3 is 2.75 bits per heavy atom. The Morgan fingerprint density at radius 1 is 1.38 bits per heavy atom. The molecule has 1 saturated heterocycles. The van der Waals surface area contributed by atoms with Crippen molar-refractivity contribution in [3.63, 3.8) is 0 Å². The molecule has 2 atom stereocenters. The van der Waals surface area contributed by atoms with Gasteiger partial charge in [-0.05, 0) is 31.5 Å². The summed E-state index contributed by atoms with van der Waals surface area (Å²) in [6.07, 6.45) is 0.963. The maximum Gasteiger partial charge on any atom is 0.387 e. The van der Waals surface area contributed by atoms with Crippen LogP contribution in [-0.4, -0.2) is 19.2 Å². The minimum atomic E-state index is -2.76. The van der Waals surface area contributed by atoms with Gasteiger partial charge in [0.25, 0.3) is 0 Å². The van der Waals surface area contributed by atoms with Crippen molar-refractivity contribution in [2.24, 2.45) is 0 Å². The summed E-state index contributed by atoms with van der Waals surface area (Å²) in [6, 6.07) is 7.35. The molecular formula is C12H15F2NO. The van der Waals surface area contributed by atoms with Crippen LogP contribution in [0.1, 0.15) is 24.8 Å². The molecular weight excluding hydrogens is 212 g/mol. The third kappa shape index (κ3) is 2.32. The van der Waals surface area contributed by atoms with E-state index in [2.05, 4.69) is 17.0 Å². The van der Waals surface area contributed by atoms with E-state index in [0.717, 1.165) is 18.5 Å². The Kier molecular flexibility index (Phi) is 3.39. The fourth-order valence-corrected chi connectivity index (χ4v) is 2.27. The van der Waals surface area contributed by atoms with E-state index in [4.69, 9.17) is 0 Å². The molecule has 88 valence electrons. The van der Waals surface area contributed by atoms with Crippen molar-refractivity contribution in [3.8, 4) is 5.75 Å². The molecule has 1 aliphatic heterocycles. The van der Waals surface area contributed by atoms with Crippen molar-refractivity contribution in [1.29, 1.82) is 0 Å². The van der Waals surface area contributed by atoms with Crippen molar-refractivity contribution in [2.75, 3.05) is 6.54 Å². The van der Waals surface area contributed by atoms with E-state index in [1.165, 1.54) is 0 Å². The second-order valence-electron chi connectivity index (χ2n) is 4.05. The van der Waals surface area contributed by atoms with Crippen LogP contribution in [-0.2, 0) is 0 Å². The molecule has 0 aromatic heterocycles. The lowest BCUT2D eigenvalue weighted by molar-refractivity contribution is -0.0506. The summed E-state index contributed by atoms with van der Waals surface area (Å²) in [6.45, 7) is 0.233. The molecule has 1 aromatic rings. The quantitative estimate of drug-likeness (QED) is 0.857. The molecule has 1 heterocycles. The first-order chi connectivity index (χ1) is 7.68. The lowest BCUT2D eigenvalue weighted by Crippen LogP contribution is -2.22. The topological polar surface area (TPSA) is 21.3 Å². The minimum Gasteiger partial charge on any atom is -0.435 e. The summed E-state index contributed by atoms with van der Waals surface area (Å²) in [5.41, 5.74) is 0.875. The molecule has 16 heavy (non-hydrogen) atoms. The van der Waals surface area contributed by atoms with Crippen molar-refractivity contribution < 1.29 is 13.5 Å². The molecule has 1 aliphatic rings. The van der Waals surface area contributed by atoms with Crippen molar-refractivity contribution in [3.05, 3.63) is 29.8 Å². The van der Waals surface area contributed by atoms with Crippen molar-refractivity contribution >= 4 is 0 Å². The molecule has 2 rings (SSSR count). The molecule has 2 unspecified atom stereocenters. The van der Waals surface area contributed by atoms with Crippen LogP contribution in [0.2, 0.25) is 0 Å². The van der Waals surface area contributed by atoms with Crippen LogP contribution in [0.4, 0.5) is 8.78 Å². The van der Waals surface area contributed by atoms with E-state index in [1.807, 2.05) is 12.1 Å². The maximum absolute atomic E-state index is 12.2. The summed E-state index contributed by atoms with van der Waals surface area (Å²) in [7, 11) is 0. The standard InChI is InChI=1S/C12H15F2NO/c1-8-9(6-7-15-8)10-4-2-3-5-11(10)16-12(13)14/h2-5,8-9,12,15H,6-7H2,1H3. The van der Waals surface area contributed by atoms with Gasteiger partial charge in [0, 0.05) is 12.0 Å². The Hall–Kier alpha value is -1.16. The van der Waals surface area contributed by atoms with Gasteiger partial charge in [-0.15, -0.1) is 0 Å². The van der Waals surface area contributed by atoms with Gasteiger partial charge in [-0.25, -0.2) is 0 Å². The number of ether oxygens (including phenoxy) is 1. The van der Waals surface area contributed by atoms with E-state index in [1.54, 1.807) is 12.1 Å². The zero-order valence-electron chi connectivity index (χ0n) is 9.12. The third-order valence-corrected chi connectivity index (χ3v) is 3.06. The van der Waals surface area contributed by atoms with E-state index >= 15 is 0 Å². The average molecular weight is 227 g/mol. The van der Waals surface area contributed by atoms with Gasteiger partial charge in [0.15, 0.2) is 0 Å². The molecule has 0 bridgehead atoms. The van der Waals surface area contributed by atoms with Crippen molar-refractivity contribution in [1.82, 2.24) is 5.32 Å². The lowest BCUT2D eigenvalue weighted by atomic mass is 9.92. The number of rotatable bonds is 3. The van der Waals surface area contributed by atoms with Gasteiger partial charge >= 0.3 is 6.61 Å². The smallest absolute Gasteiger partial charge is 0.387 e. The predicted octanol–water partition coefficient (Wildman–Crippen LogP) is 2.75. The minimum absolute atomic E-state index is 0.259. The molecule has 1 N–H and O–H groups in total. The SMILES string of the molecule is CC1NCCC1c1ccccc1OC(F)F. The highest BCUT2D eigenvalue weighted by molar-refractivity contribution is 5.37. The molecule has 2 nitrogen and oxygen atoms in total. The van der Waals surface area contributed by atoms with E-state index < -0.39 is 6.61 Å². The number of para-hydroxylation sites is 1. The van der Waals surface area contributed by atoms with Gasteiger partial charge in [-0.2, -0.15) is 8.78 Å². The van der Waals surface area contributed by atoms with Gasteiger partial charge in [-0.3, -0.25) is 0 Å². The summed E-state index contributed by atoms with van der Waals surface area (Å²) < 4.78 is 29.0. The maximum atomic E-state index is 12.2. The summed E-state index contributed by atoms with van der Waals surface area (Å²) in [5.74, 6) is 0.563. The van der Waals surface area contributed by atoms with Crippen LogP contribution < -0.4 is 10.1 Å². The zero-order valence-corrected chi connectivity index (χ0v) is 9.12. The Balaban J connectivity index is 2.25. The third-order valence-electron chi connectivity index (χ3n) is 3.06. The molecule has 0 aliphatic carbocycles. The first-order valence-corrected chi connectivity index (χ1v) is 5.45. The second kappa shape index (κ2) is 4.78. The Labute approximate surface area is 93.6 Å². The van der Waals surface area contributed by atoms with Crippen LogP contribution in [0.25, 0.3) is 0 Å². The van der Waals surface area contributed by atoms with Gasteiger partial charge in [0.1, 0.15) is 5.75 Å². The van der Waals surface area contributed by atoms with Gasteiger partial charge in [0.2, 0.25) is 0 Å². The molecule has 0 radical (unpaired) electrons. The largest absolute Gasteiger partial charge is 0.435 e. The molecule has 1 aromatic carbocycles. The Morgan fingerprint density at radius 2 is 2.12 bits per heavy atom. The number of hydrogen-bond acceptors (Lipinski definition) is 2. The first-order valence-electron chi connectivity index (χ1n) is 5.45. The van der Waals surface area contributed by atoms with Gasteiger partial charge in [-0.1, -0.05) is 18.2 Å². The van der Waals surface area contributed by atoms with Crippen LogP contribution in [0.3, 0.4) is 0 Å². The van der Waals surface area contributed by atoms with E-state index in [-0.39, 0.29) is 5.92 Å². The summed E-state index contributed by atoms with van der Waals surface area (Å²) in [4.78, 5) is 0. The van der Waals surface area contributed by atoms with Gasteiger partial charge < -0.3 is 10.1 Å². The fourth-order valence-electron chi connectivity index (χ4n) is 2.27. The highest BCUT2D eigenvalue weighted by Gasteiger charge is 2.27. The highest BCUT2D eigenvalue weighted by Crippen LogP contribution is 2.34. The molecule has 0 amide bonds. The summed E-state index contributed by atoms with van der Waals surface area (Å²) >= 11 is 0.